The van der Waals surface area contributed by atoms with Crippen LogP contribution in [0.1, 0.15) is 36.3 Å². The van der Waals surface area contributed by atoms with Gasteiger partial charge in [0.15, 0.2) is 0 Å². The number of anilines is 2. The third-order valence-corrected chi connectivity index (χ3v) is 4.89. The Morgan fingerprint density at radius 2 is 2.07 bits per heavy atom. The molecule has 1 aromatic heterocycles. The Labute approximate surface area is 154 Å². The molecule has 0 spiro atoms. The van der Waals surface area contributed by atoms with Gasteiger partial charge < -0.3 is 5.32 Å². The number of hydrogen-bond donors (Lipinski definition) is 2. The standard InChI is InChI=1S/C15H14F3N5O3S/c1-7(12(24)20-14-22-21-13(27-14)8-2-3-8)19-10-5-4-9(15(16,17)18)6-11(10)23(25)26/h4-8,19H,2-3H2,1H3,(H,20,22,24)/t7-/m0/s1. The van der Waals surface area contributed by atoms with Crippen LogP contribution in [-0.4, -0.2) is 27.1 Å². The van der Waals surface area contributed by atoms with E-state index in [1.807, 2.05) is 0 Å². The molecule has 1 aromatic carbocycles. The minimum Gasteiger partial charge on any atom is -0.368 e. The molecule has 0 saturated heterocycles. The van der Waals surface area contributed by atoms with E-state index in [-0.39, 0.29) is 5.69 Å². The van der Waals surface area contributed by atoms with Gasteiger partial charge in [-0.25, -0.2) is 0 Å². The molecule has 27 heavy (non-hydrogen) atoms. The maximum Gasteiger partial charge on any atom is 0.416 e. The smallest absolute Gasteiger partial charge is 0.368 e. The summed E-state index contributed by atoms with van der Waals surface area (Å²) in [7, 11) is 0. The third kappa shape index (κ3) is 4.51. The molecular weight excluding hydrogens is 387 g/mol. The zero-order valence-corrected chi connectivity index (χ0v) is 14.7. The average molecular weight is 401 g/mol. The quantitative estimate of drug-likeness (QED) is 0.563. The average Bonchev–Trinajstić information content (AvgIpc) is 3.33. The van der Waals surface area contributed by atoms with Gasteiger partial charge in [-0.3, -0.25) is 20.2 Å². The summed E-state index contributed by atoms with van der Waals surface area (Å²) in [5, 5.41) is 25.2. The first-order valence-electron chi connectivity index (χ1n) is 7.91. The summed E-state index contributed by atoms with van der Waals surface area (Å²) in [5.41, 5.74) is -2.10. The SMILES string of the molecule is C[C@H](Nc1ccc(C(F)(F)F)cc1[N+](=O)[O-])C(=O)Nc1nnc(C2CC2)s1. The van der Waals surface area contributed by atoms with Crippen LogP contribution in [0.5, 0.6) is 0 Å². The highest BCUT2D eigenvalue weighted by Crippen LogP contribution is 2.42. The number of nitrogens with one attached hydrogen (secondary N) is 2. The van der Waals surface area contributed by atoms with E-state index in [0.29, 0.717) is 23.2 Å². The van der Waals surface area contributed by atoms with Gasteiger partial charge in [0, 0.05) is 12.0 Å². The van der Waals surface area contributed by atoms with Gasteiger partial charge in [0.25, 0.3) is 5.69 Å². The van der Waals surface area contributed by atoms with E-state index in [4.69, 9.17) is 0 Å². The molecule has 1 aliphatic carbocycles. The number of nitro groups is 1. The summed E-state index contributed by atoms with van der Waals surface area (Å²) in [6, 6.07) is 1.13. The van der Waals surface area contributed by atoms with E-state index >= 15 is 0 Å². The topological polar surface area (TPSA) is 110 Å². The van der Waals surface area contributed by atoms with Crippen LogP contribution in [0, 0.1) is 10.1 Å². The number of halogens is 3. The second kappa shape index (κ2) is 7.10. The highest BCUT2D eigenvalue weighted by molar-refractivity contribution is 7.15. The van der Waals surface area contributed by atoms with Crippen LogP contribution in [0.4, 0.5) is 29.7 Å². The van der Waals surface area contributed by atoms with E-state index in [9.17, 15) is 28.1 Å². The van der Waals surface area contributed by atoms with Crippen LogP contribution < -0.4 is 10.6 Å². The zero-order valence-electron chi connectivity index (χ0n) is 13.9. The number of benzene rings is 1. The largest absolute Gasteiger partial charge is 0.416 e. The fraction of sp³-hybridized carbons (Fsp3) is 0.400. The molecule has 144 valence electrons. The Balaban J connectivity index is 1.70. The van der Waals surface area contributed by atoms with E-state index in [1.54, 1.807) is 0 Å². The van der Waals surface area contributed by atoms with Crippen LogP contribution in [0.15, 0.2) is 18.2 Å². The van der Waals surface area contributed by atoms with Gasteiger partial charge in [-0.2, -0.15) is 13.2 Å². The summed E-state index contributed by atoms with van der Waals surface area (Å²) >= 11 is 1.25. The molecule has 1 aliphatic rings. The molecule has 0 radical (unpaired) electrons. The van der Waals surface area contributed by atoms with E-state index in [0.717, 1.165) is 23.9 Å². The van der Waals surface area contributed by atoms with Gasteiger partial charge in [-0.15, -0.1) is 10.2 Å². The van der Waals surface area contributed by atoms with E-state index in [2.05, 4.69) is 20.8 Å². The van der Waals surface area contributed by atoms with Crippen molar-refractivity contribution >= 4 is 33.8 Å². The van der Waals surface area contributed by atoms with Crippen LogP contribution in [-0.2, 0) is 11.0 Å². The van der Waals surface area contributed by atoms with Crippen LogP contribution in [0.25, 0.3) is 0 Å². The molecule has 3 rings (SSSR count). The lowest BCUT2D eigenvalue weighted by Crippen LogP contribution is -2.32. The van der Waals surface area contributed by atoms with Crippen molar-refractivity contribution < 1.29 is 22.9 Å². The van der Waals surface area contributed by atoms with Gasteiger partial charge in [-0.05, 0) is 31.9 Å². The first-order chi connectivity index (χ1) is 12.6. The molecule has 0 unspecified atom stereocenters. The first kappa shape index (κ1) is 19.0. The minimum atomic E-state index is -4.70. The lowest BCUT2D eigenvalue weighted by Gasteiger charge is -2.15. The number of nitro benzene ring substituents is 1. The van der Waals surface area contributed by atoms with Gasteiger partial charge in [-0.1, -0.05) is 11.3 Å². The second-order valence-corrected chi connectivity index (χ2v) is 7.07. The molecule has 1 fully saturated rings. The number of carbonyl (C=O) groups is 1. The van der Waals surface area contributed by atoms with Crippen molar-refractivity contribution in [1.29, 1.82) is 0 Å². The van der Waals surface area contributed by atoms with Gasteiger partial charge >= 0.3 is 6.18 Å². The summed E-state index contributed by atoms with van der Waals surface area (Å²) in [6.45, 7) is 1.43. The Bertz CT molecular complexity index is 882. The molecule has 8 nitrogen and oxygen atoms in total. The van der Waals surface area contributed by atoms with Crippen molar-refractivity contribution in [2.45, 2.75) is 37.9 Å². The predicted molar refractivity (Wildman–Crippen MR) is 91.7 cm³/mol. The van der Waals surface area contributed by atoms with Crippen LogP contribution in [0.3, 0.4) is 0 Å². The maximum atomic E-state index is 12.7. The number of amides is 1. The highest BCUT2D eigenvalue weighted by atomic mass is 32.1. The Kier molecular flexibility index (Phi) is 5.00. The number of carbonyl (C=O) groups excluding carboxylic acids is 1. The Morgan fingerprint density at radius 1 is 1.37 bits per heavy atom. The third-order valence-electron chi connectivity index (χ3n) is 3.88. The molecule has 1 heterocycles. The fourth-order valence-electron chi connectivity index (χ4n) is 2.27. The van der Waals surface area contributed by atoms with Crippen LogP contribution >= 0.6 is 11.3 Å². The van der Waals surface area contributed by atoms with Gasteiger partial charge in [0.05, 0.1) is 10.5 Å². The van der Waals surface area contributed by atoms with Gasteiger partial charge in [0.2, 0.25) is 11.0 Å². The fourth-order valence-corrected chi connectivity index (χ4v) is 3.19. The number of rotatable bonds is 6. The molecule has 1 amide bonds. The number of alkyl halides is 3. The van der Waals surface area contributed by atoms with Crippen molar-refractivity contribution in [3.05, 3.63) is 38.9 Å². The molecule has 2 aromatic rings. The van der Waals surface area contributed by atoms with Crippen molar-refractivity contribution in [2.75, 3.05) is 10.6 Å². The molecule has 0 aliphatic heterocycles. The number of nitrogens with zero attached hydrogens (tertiary/aromatic N) is 3. The van der Waals surface area contributed by atoms with E-state index in [1.165, 1.54) is 18.3 Å². The normalized spacial score (nSPS) is 15.3. The molecular formula is C15H14F3N5O3S. The monoisotopic (exact) mass is 401 g/mol. The lowest BCUT2D eigenvalue weighted by atomic mass is 10.1. The molecule has 0 bridgehead atoms. The summed E-state index contributed by atoms with van der Waals surface area (Å²) in [5.74, 6) is -0.152. The molecule has 1 atom stereocenters. The highest BCUT2D eigenvalue weighted by Gasteiger charge is 2.33. The maximum absolute atomic E-state index is 12.7. The summed E-state index contributed by atoms with van der Waals surface area (Å²) in [4.78, 5) is 22.4. The van der Waals surface area contributed by atoms with Crippen molar-refractivity contribution in [3.8, 4) is 0 Å². The Hall–Kier alpha value is -2.76. The van der Waals surface area contributed by atoms with Crippen molar-refractivity contribution in [3.63, 3.8) is 0 Å². The number of aromatic nitrogens is 2. The zero-order chi connectivity index (χ0) is 19.8. The molecule has 2 N–H and O–H groups in total. The van der Waals surface area contributed by atoms with E-state index < -0.39 is 34.3 Å². The van der Waals surface area contributed by atoms with Crippen molar-refractivity contribution in [1.82, 2.24) is 10.2 Å². The van der Waals surface area contributed by atoms with Gasteiger partial charge in [0.1, 0.15) is 16.7 Å². The lowest BCUT2D eigenvalue weighted by molar-refractivity contribution is -0.384. The second-order valence-electron chi connectivity index (χ2n) is 6.06. The first-order valence-corrected chi connectivity index (χ1v) is 8.73. The molecule has 12 heteroatoms. The number of hydrogen-bond acceptors (Lipinski definition) is 7. The van der Waals surface area contributed by atoms with Crippen LogP contribution in [0.2, 0.25) is 0 Å². The Morgan fingerprint density at radius 3 is 2.67 bits per heavy atom. The van der Waals surface area contributed by atoms with Crippen molar-refractivity contribution in [2.24, 2.45) is 0 Å². The predicted octanol–water partition coefficient (Wildman–Crippen LogP) is 3.78. The molecule has 1 saturated carbocycles. The summed E-state index contributed by atoms with van der Waals surface area (Å²) in [6.07, 6.45) is -2.63. The minimum absolute atomic E-state index is 0.188. The summed E-state index contributed by atoms with van der Waals surface area (Å²) < 4.78 is 38.2.